The van der Waals surface area contributed by atoms with Crippen LogP contribution in [0.15, 0.2) is 0 Å². The Bertz CT molecular complexity index is 650. The summed E-state index contributed by atoms with van der Waals surface area (Å²) in [7, 11) is -7.59. The largest absolute Gasteiger partial charge is 0.513 e. The second kappa shape index (κ2) is 7.12. The molecule has 1 aliphatic rings. The number of alkyl halides is 6. The molecule has 1 unspecified atom stereocenters. The number of carbonyl (C=O) groups is 1. The van der Waals surface area contributed by atoms with Gasteiger partial charge in [0.05, 0.1) is 21.1 Å². The summed E-state index contributed by atoms with van der Waals surface area (Å²) < 4.78 is 119. The second-order valence-electron chi connectivity index (χ2n) is 5.17. The maximum Gasteiger partial charge on any atom is 0.513 e. The molecule has 0 spiro atoms. The Morgan fingerprint density at radius 3 is 1.48 bits per heavy atom. The first-order valence-corrected chi connectivity index (χ1v) is 8.60. The van der Waals surface area contributed by atoms with Gasteiger partial charge in [0.25, 0.3) is 6.23 Å². The van der Waals surface area contributed by atoms with E-state index in [-0.39, 0.29) is 6.23 Å². The van der Waals surface area contributed by atoms with E-state index in [1.54, 1.807) is 0 Å². The van der Waals surface area contributed by atoms with Gasteiger partial charge in [0, 0.05) is 0 Å². The fraction of sp³-hybridized carbons (Fsp3) is 0.875. The minimum atomic E-state index is -6.72. The van der Waals surface area contributed by atoms with Crippen molar-refractivity contribution < 1.29 is 61.9 Å². The van der Waals surface area contributed by atoms with Gasteiger partial charge in [0.1, 0.15) is 0 Å². The number of hydrogen-bond donors (Lipinski definition) is 0. The van der Waals surface area contributed by atoms with Crippen LogP contribution in [0.5, 0.6) is 0 Å². The average Bonchev–Trinajstić information content (AvgIpc) is 2.71. The molecule has 1 saturated heterocycles. The van der Waals surface area contributed by atoms with Gasteiger partial charge in [-0.3, -0.25) is 4.48 Å². The van der Waals surface area contributed by atoms with Crippen molar-refractivity contribution in [2.45, 2.75) is 17.2 Å². The Labute approximate surface area is 138 Å². The molecule has 0 saturated carbocycles. The SMILES string of the molecule is C[N+](C)(C)C1COC(=O)O1.O=S(=O)([N-]S(=O)(=O)C(F)(F)F)C(F)(F)F. The van der Waals surface area contributed by atoms with Crippen molar-refractivity contribution in [2.75, 3.05) is 27.7 Å². The summed E-state index contributed by atoms with van der Waals surface area (Å²) in [4.78, 5) is 10.4. The molecule has 150 valence electrons. The van der Waals surface area contributed by atoms with Gasteiger partial charge in [-0.2, -0.15) is 26.3 Å². The van der Waals surface area contributed by atoms with Crippen LogP contribution in [0.2, 0.25) is 0 Å². The topological polar surface area (TPSA) is 118 Å². The molecule has 17 heteroatoms. The summed E-state index contributed by atoms with van der Waals surface area (Å²) in [5.41, 5.74) is -12.4. The molecule has 1 heterocycles. The van der Waals surface area contributed by atoms with Crippen LogP contribution in [0.1, 0.15) is 0 Å². The van der Waals surface area contributed by atoms with E-state index in [9.17, 15) is 48.0 Å². The van der Waals surface area contributed by atoms with E-state index in [4.69, 9.17) is 4.74 Å². The standard InChI is InChI=1S/C6H12NO3.C2F6NO4S2/c1-7(2,3)5-4-9-6(8)10-5;3-1(4,5)14(10,11)9-15(12,13)2(6,7)8/h5H,4H2,1-3H3;/q+1;-1. The summed E-state index contributed by atoms with van der Waals surface area (Å²) in [6.07, 6.45) is -0.703. The molecule has 1 aliphatic heterocycles. The van der Waals surface area contributed by atoms with Gasteiger partial charge < -0.3 is 13.6 Å². The summed E-state index contributed by atoms with van der Waals surface area (Å²) in [6, 6.07) is 0. The number of rotatable bonds is 3. The highest BCUT2D eigenvalue weighted by Gasteiger charge is 2.46. The summed E-state index contributed by atoms with van der Waals surface area (Å²) in [5.74, 6) is 0. The van der Waals surface area contributed by atoms with E-state index in [0.29, 0.717) is 11.1 Å². The fourth-order valence-corrected chi connectivity index (χ4v) is 2.62. The molecule has 0 N–H and O–H groups in total. The summed E-state index contributed by atoms with van der Waals surface area (Å²) >= 11 is 0. The van der Waals surface area contributed by atoms with Crippen molar-refractivity contribution in [3.8, 4) is 0 Å². The zero-order chi connectivity index (χ0) is 20.5. The van der Waals surface area contributed by atoms with Crippen LogP contribution in [0, 0.1) is 0 Å². The molecule has 0 radical (unpaired) electrons. The van der Waals surface area contributed by atoms with Gasteiger partial charge in [0.2, 0.25) is 0 Å². The van der Waals surface area contributed by atoms with Crippen molar-refractivity contribution >= 4 is 26.2 Å². The third-order valence-electron chi connectivity index (χ3n) is 2.22. The molecule has 9 nitrogen and oxygen atoms in total. The van der Waals surface area contributed by atoms with E-state index in [1.807, 2.05) is 21.1 Å². The Morgan fingerprint density at radius 2 is 1.32 bits per heavy atom. The second-order valence-corrected chi connectivity index (χ2v) is 8.59. The van der Waals surface area contributed by atoms with E-state index >= 15 is 0 Å². The van der Waals surface area contributed by atoms with Gasteiger partial charge in [0.15, 0.2) is 26.7 Å². The highest BCUT2D eigenvalue weighted by atomic mass is 32.3. The first-order chi connectivity index (χ1) is 10.7. The molecule has 0 amide bonds. The highest BCUT2D eigenvalue weighted by Crippen LogP contribution is 2.36. The lowest BCUT2D eigenvalue weighted by Gasteiger charge is -2.27. The number of nitrogens with zero attached hydrogens (tertiary/aromatic N) is 2. The fourth-order valence-electron chi connectivity index (χ4n) is 0.914. The molecule has 0 aromatic heterocycles. The van der Waals surface area contributed by atoms with Crippen molar-refractivity contribution in [1.29, 1.82) is 0 Å². The number of carbonyl (C=O) groups excluding carboxylic acids is 1. The quantitative estimate of drug-likeness (QED) is 0.379. The first-order valence-electron chi connectivity index (χ1n) is 5.72. The van der Waals surface area contributed by atoms with Gasteiger partial charge >= 0.3 is 17.2 Å². The smallest absolute Gasteiger partial charge is 0.424 e. The van der Waals surface area contributed by atoms with Crippen molar-refractivity contribution in [3.05, 3.63) is 4.13 Å². The summed E-state index contributed by atoms with van der Waals surface area (Å²) in [5, 5.41) is 0. The van der Waals surface area contributed by atoms with Crippen LogP contribution in [0.4, 0.5) is 31.1 Å². The lowest BCUT2D eigenvalue weighted by Crippen LogP contribution is -2.46. The van der Waals surface area contributed by atoms with E-state index < -0.39 is 37.2 Å². The number of sulfonamides is 2. The molecular weight excluding hydrogens is 414 g/mol. The van der Waals surface area contributed by atoms with Crippen molar-refractivity contribution in [3.63, 3.8) is 0 Å². The van der Waals surface area contributed by atoms with E-state index in [1.165, 1.54) is 0 Å². The van der Waals surface area contributed by atoms with Gasteiger partial charge in [-0.25, -0.2) is 21.6 Å². The minimum Gasteiger partial charge on any atom is -0.424 e. The van der Waals surface area contributed by atoms with Crippen LogP contribution in [-0.4, -0.2) is 72.5 Å². The minimum absolute atomic E-state index is 0.146. The molecule has 0 aromatic carbocycles. The number of halogens is 6. The Balaban J connectivity index is 0.000000496. The number of ether oxygens (including phenoxy) is 2. The molecule has 25 heavy (non-hydrogen) atoms. The lowest BCUT2D eigenvalue weighted by molar-refractivity contribution is -0.914. The zero-order valence-electron chi connectivity index (χ0n) is 12.6. The molecule has 0 aliphatic carbocycles. The first kappa shape index (κ1) is 23.7. The Morgan fingerprint density at radius 1 is 0.960 bits per heavy atom. The monoisotopic (exact) mass is 426 g/mol. The summed E-state index contributed by atoms with van der Waals surface area (Å²) in [6.45, 7) is 0.363. The van der Waals surface area contributed by atoms with Crippen LogP contribution >= 0.6 is 0 Å². The predicted molar refractivity (Wildman–Crippen MR) is 67.6 cm³/mol. The van der Waals surface area contributed by atoms with Gasteiger partial charge in [-0.05, 0) is 0 Å². The van der Waals surface area contributed by atoms with Crippen LogP contribution in [0.25, 0.3) is 4.13 Å². The number of cyclic esters (lactones) is 2. The molecule has 0 bridgehead atoms. The molecule has 0 aromatic rings. The number of likely N-dealkylation sites (N-methyl/N-ethyl adjacent to an activating group) is 1. The Kier molecular flexibility index (Phi) is 6.74. The van der Waals surface area contributed by atoms with Crippen molar-refractivity contribution in [1.82, 2.24) is 0 Å². The molecule has 1 atom stereocenters. The number of hydrogen-bond acceptors (Lipinski definition) is 7. The highest BCUT2D eigenvalue weighted by molar-refractivity contribution is 8.13. The van der Waals surface area contributed by atoms with Crippen LogP contribution in [-0.2, 0) is 29.5 Å². The lowest BCUT2D eigenvalue weighted by atomic mass is 10.5. The normalized spacial score (nSPS) is 19.6. The van der Waals surface area contributed by atoms with Crippen LogP contribution < -0.4 is 0 Å². The van der Waals surface area contributed by atoms with Gasteiger partial charge in [-0.1, -0.05) is 0 Å². The Hall–Kier alpha value is -1.33. The molecule has 1 rings (SSSR count). The number of quaternary nitrogens is 1. The maximum atomic E-state index is 11.4. The molecule has 1 fully saturated rings. The molecular formula is C8H12F6N2O7S2. The van der Waals surface area contributed by atoms with Crippen LogP contribution in [0.3, 0.4) is 0 Å². The van der Waals surface area contributed by atoms with E-state index in [0.717, 1.165) is 4.13 Å². The van der Waals surface area contributed by atoms with Gasteiger partial charge in [-0.15, -0.1) is 0 Å². The van der Waals surface area contributed by atoms with E-state index in [2.05, 4.69) is 4.74 Å². The maximum absolute atomic E-state index is 11.4. The average molecular weight is 426 g/mol. The van der Waals surface area contributed by atoms with Crippen molar-refractivity contribution in [2.24, 2.45) is 0 Å². The third kappa shape index (κ3) is 6.83. The zero-order valence-corrected chi connectivity index (χ0v) is 14.3. The predicted octanol–water partition coefficient (Wildman–Crippen LogP) is 1.24. The third-order valence-corrected chi connectivity index (χ3v) is 4.96.